The van der Waals surface area contributed by atoms with Gasteiger partial charge in [-0.15, -0.1) is 11.3 Å². The number of anilines is 1. The number of sulfonamides is 1. The monoisotopic (exact) mass is 360 g/mol. The Kier molecular flexibility index (Phi) is 4.74. The summed E-state index contributed by atoms with van der Waals surface area (Å²) in [4.78, 5) is 14.7. The summed E-state index contributed by atoms with van der Waals surface area (Å²) in [5.74, 6) is -1.02. The second-order valence-electron chi connectivity index (χ2n) is 4.69. The molecule has 118 valence electrons. The predicted octanol–water partition coefficient (Wildman–Crippen LogP) is 2.84. The molecule has 0 unspecified atom stereocenters. The third-order valence-corrected chi connectivity index (χ3v) is 5.68. The van der Waals surface area contributed by atoms with E-state index in [0.717, 1.165) is 11.3 Å². The van der Waals surface area contributed by atoms with Crippen LogP contribution in [0.5, 0.6) is 0 Å². The van der Waals surface area contributed by atoms with Crippen LogP contribution in [-0.2, 0) is 21.2 Å². The standard InChI is InChI=1S/C13H13ClN2O4S2/c1-7-4-11(8(2)3-10(7)14)22(19,20)16-13-15-9(6-21-13)5-12(17)18/h3-4,6H,5H2,1-2H3,(H,15,16)(H,17,18). The predicted molar refractivity (Wildman–Crippen MR) is 85.2 cm³/mol. The van der Waals surface area contributed by atoms with Crippen LogP contribution in [0.25, 0.3) is 0 Å². The highest BCUT2D eigenvalue weighted by Crippen LogP contribution is 2.26. The van der Waals surface area contributed by atoms with Crippen LogP contribution in [0.2, 0.25) is 5.02 Å². The molecule has 2 aromatic rings. The van der Waals surface area contributed by atoms with Crippen molar-refractivity contribution in [2.75, 3.05) is 4.72 Å². The number of benzene rings is 1. The molecule has 0 spiro atoms. The van der Waals surface area contributed by atoms with Gasteiger partial charge >= 0.3 is 5.97 Å². The molecule has 2 rings (SSSR count). The first-order valence-corrected chi connectivity index (χ1v) is 8.89. The van der Waals surface area contributed by atoms with Crippen LogP contribution in [0.15, 0.2) is 22.4 Å². The largest absolute Gasteiger partial charge is 0.481 e. The van der Waals surface area contributed by atoms with Crippen LogP contribution >= 0.6 is 22.9 Å². The molecule has 0 atom stereocenters. The molecule has 1 aromatic carbocycles. The van der Waals surface area contributed by atoms with E-state index in [4.69, 9.17) is 16.7 Å². The SMILES string of the molecule is Cc1cc(S(=O)(=O)Nc2nc(CC(=O)O)cs2)c(C)cc1Cl. The van der Waals surface area contributed by atoms with Crippen LogP contribution in [0.3, 0.4) is 0 Å². The van der Waals surface area contributed by atoms with Crippen molar-refractivity contribution in [3.63, 3.8) is 0 Å². The molecule has 0 bridgehead atoms. The first-order valence-electron chi connectivity index (χ1n) is 6.15. The van der Waals surface area contributed by atoms with E-state index in [0.29, 0.717) is 21.8 Å². The highest BCUT2D eigenvalue weighted by Gasteiger charge is 2.20. The molecule has 0 amide bonds. The Balaban J connectivity index is 2.30. The summed E-state index contributed by atoms with van der Waals surface area (Å²) in [6.07, 6.45) is -0.253. The van der Waals surface area contributed by atoms with Gasteiger partial charge < -0.3 is 5.11 Å². The zero-order valence-corrected chi connectivity index (χ0v) is 14.1. The van der Waals surface area contributed by atoms with Crippen molar-refractivity contribution < 1.29 is 18.3 Å². The second-order valence-corrected chi connectivity index (χ2v) is 7.60. The van der Waals surface area contributed by atoms with E-state index in [1.165, 1.54) is 11.4 Å². The molecule has 0 radical (unpaired) electrons. The summed E-state index contributed by atoms with van der Waals surface area (Å²) in [6, 6.07) is 3.08. The Hall–Kier alpha value is -1.64. The molecule has 0 fully saturated rings. The van der Waals surface area contributed by atoms with E-state index in [2.05, 4.69) is 9.71 Å². The number of hydrogen-bond acceptors (Lipinski definition) is 5. The molecule has 0 saturated carbocycles. The molecule has 0 aliphatic carbocycles. The summed E-state index contributed by atoms with van der Waals surface area (Å²) >= 11 is 7.00. The van der Waals surface area contributed by atoms with Crippen molar-refractivity contribution in [1.29, 1.82) is 0 Å². The van der Waals surface area contributed by atoms with Gasteiger partial charge in [0.25, 0.3) is 10.0 Å². The number of thiazole rings is 1. The topological polar surface area (TPSA) is 96.4 Å². The minimum atomic E-state index is -3.81. The van der Waals surface area contributed by atoms with Gasteiger partial charge in [0.05, 0.1) is 17.0 Å². The van der Waals surface area contributed by atoms with Crippen molar-refractivity contribution in [1.82, 2.24) is 4.98 Å². The molecule has 6 nitrogen and oxygen atoms in total. The molecule has 1 aromatic heterocycles. The number of hydrogen-bond donors (Lipinski definition) is 2. The third kappa shape index (κ3) is 3.76. The lowest BCUT2D eigenvalue weighted by atomic mass is 10.2. The Labute approximate surface area is 136 Å². The molecule has 0 saturated heterocycles. The number of carboxylic acids is 1. The van der Waals surface area contributed by atoms with Crippen molar-refractivity contribution in [3.8, 4) is 0 Å². The van der Waals surface area contributed by atoms with E-state index < -0.39 is 16.0 Å². The van der Waals surface area contributed by atoms with E-state index >= 15 is 0 Å². The van der Waals surface area contributed by atoms with E-state index in [1.54, 1.807) is 19.9 Å². The van der Waals surface area contributed by atoms with Gasteiger partial charge in [-0.25, -0.2) is 13.4 Å². The number of carbonyl (C=O) groups is 1. The van der Waals surface area contributed by atoms with Crippen LogP contribution in [0.4, 0.5) is 5.13 Å². The first-order chi connectivity index (χ1) is 10.2. The lowest BCUT2D eigenvalue weighted by Gasteiger charge is -2.10. The van der Waals surface area contributed by atoms with Gasteiger partial charge in [0.1, 0.15) is 0 Å². The Morgan fingerprint density at radius 2 is 2.05 bits per heavy atom. The zero-order valence-electron chi connectivity index (χ0n) is 11.8. The molecular weight excluding hydrogens is 348 g/mol. The molecular formula is C13H13ClN2O4S2. The zero-order chi connectivity index (χ0) is 16.5. The van der Waals surface area contributed by atoms with E-state index in [-0.39, 0.29) is 16.4 Å². The van der Waals surface area contributed by atoms with Gasteiger partial charge in [-0.2, -0.15) is 0 Å². The fraction of sp³-hybridized carbons (Fsp3) is 0.231. The van der Waals surface area contributed by atoms with Crippen molar-refractivity contribution in [2.45, 2.75) is 25.2 Å². The molecule has 0 aliphatic heterocycles. The quantitative estimate of drug-likeness (QED) is 0.854. The number of carboxylic acid groups (broad SMARTS) is 1. The van der Waals surface area contributed by atoms with E-state index in [9.17, 15) is 13.2 Å². The number of nitrogens with one attached hydrogen (secondary N) is 1. The van der Waals surface area contributed by atoms with Crippen molar-refractivity contribution in [3.05, 3.63) is 39.4 Å². The van der Waals surface area contributed by atoms with Crippen LogP contribution in [0, 0.1) is 13.8 Å². The van der Waals surface area contributed by atoms with Gasteiger partial charge in [-0.3, -0.25) is 9.52 Å². The van der Waals surface area contributed by atoms with Crippen LogP contribution in [0.1, 0.15) is 16.8 Å². The van der Waals surface area contributed by atoms with Gasteiger partial charge in [-0.1, -0.05) is 11.6 Å². The molecule has 22 heavy (non-hydrogen) atoms. The number of rotatable bonds is 5. The van der Waals surface area contributed by atoms with Gasteiger partial charge in [0, 0.05) is 10.4 Å². The Morgan fingerprint density at radius 3 is 2.68 bits per heavy atom. The fourth-order valence-electron chi connectivity index (χ4n) is 1.80. The summed E-state index contributed by atoms with van der Waals surface area (Å²) in [7, 11) is -3.81. The number of aryl methyl sites for hydroxylation is 2. The maximum atomic E-state index is 12.4. The summed E-state index contributed by atoms with van der Waals surface area (Å²) in [5, 5.41) is 10.8. The Bertz CT molecular complexity index is 831. The lowest BCUT2D eigenvalue weighted by molar-refractivity contribution is -0.136. The first kappa shape index (κ1) is 16.7. The average Bonchev–Trinajstić information content (AvgIpc) is 2.79. The van der Waals surface area contributed by atoms with Gasteiger partial charge in [-0.05, 0) is 37.1 Å². The molecule has 1 heterocycles. The third-order valence-electron chi connectivity index (χ3n) is 2.85. The highest BCUT2D eigenvalue weighted by molar-refractivity contribution is 7.93. The normalized spacial score (nSPS) is 11.4. The fourth-order valence-corrected chi connectivity index (χ4v) is 4.30. The van der Waals surface area contributed by atoms with E-state index in [1.807, 2.05) is 0 Å². The number of aliphatic carboxylic acids is 1. The maximum Gasteiger partial charge on any atom is 0.309 e. The molecule has 0 aliphatic rings. The average molecular weight is 361 g/mol. The number of halogens is 1. The Morgan fingerprint density at radius 1 is 1.36 bits per heavy atom. The van der Waals surface area contributed by atoms with Gasteiger partial charge in [0.2, 0.25) is 0 Å². The lowest BCUT2D eigenvalue weighted by Crippen LogP contribution is -2.14. The van der Waals surface area contributed by atoms with Crippen LogP contribution in [-0.4, -0.2) is 24.5 Å². The summed E-state index contributed by atoms with van der Waals surface area (Å²) in [5.41, 5.74) is 1.47. The smallest absolute Gasteiger partial charge is 0.309 e. The van der Waals surface area contributed by atoms with Crippen LogP contribution < -0.4 is 4.72 Å². The van der Waals surface area contributed by atoms with Gasteiger partial charge in [0.15, 0.2) is 5.13 Å². The van der Waals surface area contributed by atoms with Crippen molar-refractivity contribution >= 4 is 44.1 Å². The summed E-state index contributed by atoms with van der Waals surface area (Å²) < 4.78 is 27.2. The summed E-state index contributed by atoms with van der Waals surface area (Å²) in [6.45, 7) is 3.37. The maximum absolute atomic E-state index is 12.4. The number of aromatic nitrogens is 1. The molecule has 9 heteroatoms. The van der Waals surface area contributed by atoms with Crippen molar-refractivity contribution in [2.24, 2.45) is 0 Å². The highest BCUT2D eigenvalue weighted by atomic mass is 35.5. The minimum Gasteiger partial charge on any atom is -0.481 e. The number of nitrogens with zero attached hydrogens (tertiary/aromatic N) is 1. The second kappa shape index (κ2) is 6.23. The minimum absolute atomic E-state index is 0.115. The molecule has 2 N–H and O–H groups in total.